The van der Waals surface area contributed by atoms with E-state index in [0.29, 0.717) is 33.7 Å². The number of aliphatic carboxylic acids is 1. The fraction of sp³-hybridized carbons (Fsp3) is 0.227. The Morgan fingerprint density at radius 1 is 1.26 bits per heavy atom. The van der Waals surface area contributed by atoms with E-state index in [4.69, 9.17) is 19.3 Å². The van der Waals surface area contributed by atoms with Crippen molar-refractivity contribution in [3.63, 3.8) is 0 Å². The molecular formula is C22H20BrN3O7S. The third-order valence-corrected chi connectivity index (χ3v) is 6.01. The normalized spacial score (nSPS) is 16.5. The number of carbonyl (C=O) groups is 3. The molecule has 1 atom stereocenters. The van der Waals surface area contributed by atoms with E-state index < -0.39 is 23.1 Å². The smallest absolute Gasteiger partial charge is 0.343 e. The van der Waals surface area contributed by atoms with Crippen molar-refractivity contribution < 1.29 is 33.7 Å². The second-order valence-corrected chi connectivity index (χ2v) is 8.77. The van der Waals surface area contributed by atoms with Gasteiger partial charge in [0, 0.05) is 0 Å². The van der Waals surface area contributed by atoms with Crippen LogP contribution in [0.1, 0.15) is 29.3 Å². The Kier molecular flexibility index (Phi) is 8.66. The lowest BCUT2D eigenvalue weighted by Crippen LogP contribution is -2.26. The number of benzene rings is 2. The van der Waals surface area contributed by atoms with Crippen LogP contribution in [0.25, 0.3) is 0 Å². The summed E-state index contributed by atoms with van der Waals surface area (Å²) in [5, 5.41) is 18.7. The largest absolute Gasteiger partial charge is 0.497 e. The number of amides is 1. The van der Waals surface area contributed by atoms with E-state index in [1.54, 1.807) is 43.3 Å². The predicted molar refractivity (Wildman–Crippen MR) is 130 cm³/mol. The van der Waals surface area contributed by atoms with E-state index >= 15 is 0 Å². The van der Waals surface area contributed by atoms with E-state index in [1.165, 1.54) is 13.3 Å². The minimum absolute atomic E-state index is 0.209. The number of hydrogen-bond donors (Lipinski definition) is 2. The molecule has 0 aromatic heterocycles. The molecule has 1 heterocycles. The number of nitrogens with one attached hydrogen (secondary N) is 1. The fourth-order valence-corrected chi connectivity index (χ4v) is 4.25. The van der Waals surface area contributed by atoms with E-state index in [-0.39, 0.29) is 17.3 Å². The Morgan fingerprint density at radius 3 is 2.65 bits per heavy atom. The van der Waals surface area contributed by atoms with Crippen molar-refractivity contribution in [3.05, 3.63) is 52.0 Å². The van der Waals surface area contributed by atoms with Crippen molar-refractivity contribution in [3.8, 4) is 17.2 Å². The molecule has 2 aromatic rings. The van der Waals surface area contributed by atoms with Crippen LogP contribution in [-0.4, -0.2) is 53.3 Å². The van der Waals surface area contributed by atoms with E-state index in [0.717, 1.165) is 11.8 Å². The Hall–Kier alpha value is -3.38. The number of carbonyl (C=O) groups excluding carboxylic acids is 2. The van der Waals surface area contributed by atoms with E-state index in [9.17, 15) is 14.4 Å². The quantitative estimate of drug-likeness (QED) is 0.210. The van der Waals surface area contributed by atoms with Gasteiger partial charge in [0.25, 0.3) is 0 Å². The zero-order chi connectivity index (χ0) is 24.7. The van der Waals surface area contributed by atoms with Crippen LogP contribution < -0.4 is 19.5 Å². The standard InChI is InChI=1S/C22H20BrN3O7S/c1-3-32-16-9-12(11-24-26-22-25-20(29)17(34-22)10-18(27)28)8-15(23)19(16)33-21(30)13-4-6-14(31-2)7-5-13/h4-9,11,17H,3,10H2,1-2H3,(H,27,28)(H,25,26,29)/b24-11-/t17-/m0/s1. The molecule has 178 valence electrons. The van der Waals surface area contributed by atoms with Crippen molar-refractivity contribution in [2.24, 2.45) is 10.2 Å². The summed E-state index contributed by atoms with van der Waals surface area (Å²) in [6.07, 6.45) is 1.12. The number of methoxy groups -OCH3 is 1. The van der Waals surface area contributed by atoms with Crippen molar-refractivity contribution >= 4 is 56.9 Å². The minimum atomic E-state index is -1.07. The maximum absolute atomic E-state index is 12.6. The molecule has 1 saturated heterocycles. The van der Waals surface area contributed by atoms with Crippen molar-refractivity contribution in [1.29, 1.82) is 0 Å². The fourth-order valence-electron chi connectivity index (χ4n) is 2.80. The second-order valence-electron chi connectivity index (χ2n) is 6.72. The van der Waals surface area contributed by atoms with Gasteiger partial charge in [-0.15, -0.1) is 5.10 Å². The van der Waals surface area contributed by atoms with Gasteiger partial charge in [-0.05, 0) is 64.8 Å². The summed E-state index contributed by atoms with van der Waals surface area (Å²) < 4.78 is 16.7. The number of thioether (sulfide) groups is 1. The first-order valence-electron chi connectivity index (χ1n) is 9.93. The molecule has 0 radical (unpaired) electrons. The summed E-state index contributed by atoms with van der Waals surface area (Å²) in [5.74, 6) is -0.918. The number of rotatable bonds is 9. The molecule has 12 heteroatoms. The van der Waals surface area contributed by atoms with Gasteiger partial charge in [-0.25, -0.2) is 4.79 Å². The van der Waals surface area contributed by atoms with Gasteiger partial charge in [0.2, 0.25) is 5.91 Å². The number of esters is 1. The highest BCUT2D eigenvalue weighted by molar-refractivity contribution is 9.10. The zero-order valence-corrected chi connectivity index (χ0v) is 20.5. The summed E-state index contributed by atoms with van der Waals surface area (Å²) in [5.41, 5.74) is 0.925. The van der Waals surface area contributed by atoms with Crippen LogP contribution in [-0.2, 0) is 9.59 Å². The summed E-state index contributed by atoms with van der Waals surface area (Å²) >= 11 is 4.40. The van der Waals surface area contributed by atoms with Crippen LogP contribution in [0.3, 0.4) is 0 Å². The zero-order valence-electron chi connectivity index (χ0n) is 18.1. The highest BCUT2D eigenvalue weighted by Gasteiger charge is 2.32. The number of amidine groups is 1. The first-order valence-corrected chi connectivity index (χ1v) is 11.6. The maximum atomic E-state index is 12.6. The molecule has 1 amide bonds. The Morgan fingerprint density at radius 2 is 2.00 bits per heavy atom. The molecule has 34 heavy (non-hydrogen) atoms. The Bertz CT molecular complexity index is 1150. The van der Waals surface area contributed by atoms with Gasteiger partial charge < -0.3 is 24.6 Å². The Balaban J connectivity index is 1.76. The molecule has 0 aliphatic carbocycles. The van der Waals surface area contributed by atoms with Gasteiger partial charge in [-0.1, -0.05) is 11.8 Å². The lowest BCUT2D eigenvalue weighted by Gasteiger charge is -2.13. The lowest BCUT2D eigenvalue weighted by molar-refractivity contribution is -0.138. The highest BCUT2D eigenvalue weighted by atomic mass is 79.9. The molecule has 0 unspecified atom stereocenters. The molecule has 1 aliphatic rings. The number of carboxylic acid groups (broad SMARTS) is 1. The Labute approximate surface area is 207 Å². The number of nitrogens with zero attached hydrogens (tertiary/aromatic N) is 2. The lowest BCUT2D eigenvalue weighted by atomic mass is 10.2. The van der Waals surface area contributed by atoms with Gasteiger partial charge >= 0.3 is 11.9 Å². The first kappa shape index (κ1) is 25.2. The number of hydrogen-bond acceptors (Lipinski definition) is 9. The molecule has 2 aromatic carbocycles. The van der Waals surface area contributed by atoms with E-state index in [2.05, 4.69) is 31.4 Å². The summed E-state index contributed by atoms with van der Waals surface area (Å²) in [6, 6.07) is 9.79. The summed E-state index contributed by atoms with van der Waals surface area (Å²) in [7, 11) is 1.54. The minimum Gasteiger partial charge on any atom is -0.497 e. The SMILES string of the molecule is CCOc1cc(/C=N\N=C2\NC(=O)[C@H](CC(=O)O)S2)cc(Br)c1OC(=O)c1ccc(OC)cc1. The average molecular weight is 550 g/mol. The topological polar surface area (TPSA) is 136 Å². The molecule has 10 nitrogen and oxygen atoms in total. The molecule has 2 N–H and O–H groups in total. The van der Waals surface area contributed by atoms with Gasteiger partial charge in [0.15, 0.2) is 16.7 Å². The molecule has 1 fully saturated rings. The third-order valence-electron chi connectivity index (χ3n) is 4.34. The van der Waals surface area contributed by atoms with Gasteiger partial charge in [-0.3, -0.25) is 9.59 Å². The molecule has 0 bridgehead atoms. The van der Waals surface area contributed by atoms with Crippen LogP contribution in [0.15, 0.2) is 51.1 Å². The molecule has 0 saturated carbocycles. The van der Waals surface area contributed by atoms with Gasteiger partial charge in [0.05, 0.1) is 36.4 Å². The van der Waals surface area contributed by atoms with Crippen LogP contribution in [0.5, 0.6) is 17.2 Å². The van der Waals surface area contributed by atoms with Crippen LogP contribution in [0.2, 0.25) is 0 Å². The predicted octanol–water partition coefficient (Wildman–Crippen LogP) is 3.47. The number of ether oxygens (including phenoxy) is 3. The summed E-state index contributed by atoms with van der Waals surface area (Å²) in [6.45, 7) is 2.12. The van der Waals surface area contributed by atoms with Crippen molar-refractivity contribution in [2.45, 2.75) is 18.6 Å². The van der Waals surface area contributed by atoms with E-state index in [1.807, 2.05) is 0 Å². The van der Waals surface area contributed by atoms with Crippen molar-refractivity contribution in [2.75, 3.05) is 13.7 Å². The first-order chi connectivity index (χ1) is 16.3. The van der Waals surface area contributed by atoms with Crippen LogP contribution in [0.4, 0.5) is 0 Å². The van der Waals surface area contributed by atoms with Crippen molar-refractivity contribution in [1.82, 2.24) is 5.32 Å². The second kappa shape index (κ2) is 11.7. The monoisotopic (exact) mass is 549 g/mol. The number of halogens is 1. The third kappa shape index (κ3) is 6.58. The van der Waals surface area contributed by atoms with Gasteiger partial charge in [0.1, 0.15) is 11.0 Å². The molecular weight excluding hydrogens is 530 g/mol. The van der Waals surface area contributed by atoms with Crippen LogP contribution >= 0.6 is 27.7 Å². The van der Waals surface area contributed by atoms with Gasteiger partial charge in [-0.2, -0.15) is 5.10 Å². The maximum Gasteiger partial charge on any atom is 0.343 e. The summed E-state index contributed by atoms with van der Waals surface area (Å²) in [4.78, 5) is 35.2. The molecule has 1 aliphatic heterocycles. The highest BCUT2D eigenvalue weighted by Crippen LogP contribution is 2.37. The average Bonchev–Trinajstić information content (AvgIpc) is 3.14. The molecule has 0 spiro atoms. The molecule has 3 rings (SSSR count). The number of carboxylic acids is 1. The van der Waals surface area contributed by atoms with Crippen LogP contribution in [0, 0.1) is 0 Å².